The fourth-order valence-corrected chi connectivity index (χ4v) is 9.81. The Labute approximate surface area is 454 Å². The van der Waals surface area contributed by atoms with E-state index < -0.39 is 47.2 Å². The zero-order valence-corrected chi connectivity index (χ0v) is 46.8. The molecule has 2 aromatic carbocycles. The zero-order valence-electron chi connectivity index (χ0n) is 41.8. The Morgan fingerprint density at radius 1 is 1.03 bits per heavy atom. The summed E-state index contributed by atoms with van der Waals surface area (Å²) in [6, 6.07) is 15.4. The SMILES string of the molecule is C#CCn1c(-c2cccnc2[C@H](C)OC)c2c3cc(ccc31)-c1cccc(c1)C[C@H](NC(=O)[C@H](C(C)C)N(C)C(=O)[C@H]1CCN(C(=O)C=C)C1)C(=O)N1CCC[C@H](N1)C(=O)OCC(C)(C)C2.S.S.S.S.S. The standard InChI is InChI=1S/C52H63N7O7.5H2S/c1-10-23-58-43-20-19-36-28-39(43)40(47(58)38-17-13-22-53-45(38)33(5)65-9)29-52(6,7)31-66-51(64)41-18-14-24-59(55-41)50(63)42(27-34-15-12-16-35(36)26-34)54-48(61)46(32(3)4)56(8)49(62)37-21-25-57(30-37)44(60)11-2;;;;;/h1,11-13,15-17,19-20,22,26,28,32-33,37,41-42,46,55H,2,14,18,21,23-25,27,29-31H2,3-9H3,(H,54,61);5*1H2/t33-,37-,41-,42-,46-;;;;;/m0...../s1. The summed E-state index contributed by atoms with van der Waals surface area (Å²) in [6.45, 7) is 14.8. The number of amides is 4. The van der Waals surface area contributed by atoms with Gasteiger partial charge in [-0.3, -0.25) is 34.0 Å². The smallest absolute Gasteiger partial charge is 0.324 e. The lowest BCUT2D eigenvalue weighted by molar-refractivity contribution is -0.155. The van der Waals surface area contributed by atoms with Gasteiger partial charge in [0.25, 0.3) is 5.91 Å². The number of terminal acetylenes is 1. The molecule has 3 aliphatic rings. The molecule has 19 heteroatoms. The highest BCUT2D eigenvalue weighted by atomic mass is 32.1. The molecule has 14 nitrogen and oxygen atoms in total. The number of methoxy groups -OCH3 is 1. The van der Waals surface area contributed by atoms with Crippen LogP contribution in [0.2, 0.25) is 0 Å². The van der Waals surface area contributed by atoms with Gasteiger partial charge in [0.15, 0.2) is 0 Å². The van der Waals surface area contributed by atoms with Gasteiger partial charge in [-0.1, -0.05) is 70.5 Å². The first-order valence-corrected chi connectivity index (χ1v) is 22.9. The number of benzene rings is 2. The van der Waals surface area contributed by atoms with Crippen molar-refractivity contribution in [2.24, 2.45) is 17.3 Å². The van der Waals surface area contributed by atoms with Crippen molar-refractivity contribution in [2.45, 2.75) is 97.5 Å². The molecular formula is C52H73N7O7S5. The molecule has 0 unspecified atom stereocenters. The lowest BCUT2D eigenvalue weighted by Crippen LogP contribution is -2.62. The highest BCUT2D eigenvalue weighted by Gasteiger charge is 2.40. The summed E-state index contributed by atoms with van der Waals surface area (Å²) in [5, 5.41) is 5.46. The Hall–Kier alpha value is -4.55. The van der Waals surface area contributed by atoms with Gasteiger partial charge >= 0.3 is 5.97 Å². The van der Waals surface area contributed by atoms with Crippen LogP contribution in [0.25, 0.3) is 33.3 Å². The summed E-state index contributed by atoms with van der Waals surface area (Å²) >= 11 is 0. The predicted molar refractivity (Wildman–Crippen MR) is 305 cm³/mol. The van der Waals surface area contributed by atoms with Crippen LogP contribution < -0.4 is 10.7 Å². The topological polar surface area (TPSA) is 155 Å². The van der Waals surface area contributed by atoms with Crippen molar-refractivity contribution in [3.8, 4) is 34.7 Å². The number of aromatic nitrogens is 2. The maximum atomic E-state index is 14.7. The monoisotopic (exact) mass is 1070 g/mol. The number of pyridine rings is 1. The van der Waals surface area contributed by atoms with E-state index in [1.54, 1.807) is 25.3 Å². The Kier molecular flexibility index (Phi) is 23.7. The van der Waals surface area contributed by atoms with E-state index in [-0.39, 0.29) is 111 Å². The van der Waals surface area contributed by atoms with Crippen molar-refractivity contribution in [2.75, 3.05) is 40.4 Å². The Bertz CT molecular complexity index is 2580. The molecule has 2 N–H and O–H groups in total. The number of likely N-dealkylation sites (tertiary alicyclic amines) is 1. The third-order valence-corrected chi connectivity index (χ3v) is 13.3. The minimum absolute atomic E-state index is 0. The van der Waals surface area contributed by atoms with E-state index in [0.29, 0.717) is 45.3 Å². The summed E-state index contributed by atoms with van der Waals surface area (Å²) in [4.78, 5) is 77.2. The molecule has 7 rings (SSSR count). The number of hydrogen-bond acceptors (Lipinski definition) is 9. The highest BCUT2D eigenvalue weighted by molar-refractivity contribution is 7.60. The molecule has 0 saturated carbocycles. The van der Waals surface area contributed by atoms with Crippen LogP contribution >= 0.6 is 67.5 Å². The average molecular weight is 1070 g/mol. The quantitative estimate of drug-likeness (QED) is 0.104. The third kappa shape index (κ3) is 13.7. The van der Waals surface area contributed by atoms with Gasteiger partial charge in [0.1, 0.15) is 18.1 Å². The van der Waals surface area contributed by atoms with E-state index >= 15 is 0 Å². The van der Waals surface area contributed by atoms with Crippen LogP contribution in [-0.2, 0) is 52.8 Å². The Balaban J connectivity index is 0.00000346. The minimum Gasteiger partial charge on any atom is -0.464 e. The molecule has 3 aliphatic heterocycles. The van der Waals surface area contributed by atoms with Gasteiger partial charge in [0.05, 0.1) is 36.6 Å². The Morgan fingerprint density at radius 3 is 2.42 bits per heavy atom. The van der Waals surface area contributed by atoms with Crippen LogP contribution in [0.15, 0.2) is 73.4 Å². The van der Waals surface area contributed by atoms with E-state index in [9.17, 15) is 24.0 Å². The van der Waals surface area contributed by atoms with Crippen LogP contribution in [0.1, 0.15) is 76.8 Å². The lowest BCUT2D eigenvalue weighted by Gasteiger charge is -2.37. The lowest BCUT2D eigenvalue weighted by atomic mass is 9.84. The van der Waals surface area contributed by atoms with E-state index in [2.05, 4.69) is 59.9 Å². The van der Waals surface area contributed by atoms with Gasteiger partial charge in [0, 0.05) is 68.3 Å². The minimum atomic E-state index is -1.07. The molecule has 4 aromatic rings. The zero-order chi connectivity index (χ0) is 47.4. The Morgan fingerprint density at radius 2 is 1.75 bits per heavy atom. The molecular weight excluding hydrogens is 995 g/mol. The van der Waals surface area contributed by atoms with Gasteiger partial charge in [-0.2, -0.15) is 67.5 Å². The van der Waals surface area contributed by atoms with Gasteiger partial charge in [-0.25, -0.2) is 5.43 Å². The van der Waals surface area contributed by atoms with Crippen molar-refractivity contribution in [3.63, 3.8) is 0 Å². The molecule has 0 spiro atoms. The first-order valence-electron chi connectivity index (χ1n) is 22.9. The molecule has 71 heavy (non-hydrogen) atoms. The van der Waals surface area contributed by atoms with E-state index in [4.69, 9.17) is 20.9 Å². The molecule has 0 aliphatic carbocycles. The maximum Gasteiger partial charge on any atom is 0.324 e. The number of likely N-dealkylation sites (N-methyl/N-ethyl adjacent to an activating group) is 1. The van der Waals surface area contributed by atoms with Crippen LogP contribution in [0.3, 0.4) is 0 Å². The predicted octanol–water partition coefficient (Wildman–Crippen LogP) is 6.44. The van der Waals surface area contributed by atoms with Gasteiger partial charge in [-0.05, 0) is 91.1 Å². The number of nitrogens with zero attached hydrogens (tertiary/aromatic N) is 5. The van der Waals surface area contributed by atoms with Crippen molar-refractivity contribution >= 4 is 108 Å². The molecule has 0 radical (unpaired) electrons. The van der Waals surface area contributed by atoms with Crippen LogP contribution in [-0.4, -0.2) is 112 Å². The number of hydrazine groups is 1. The largest absolute Gasteiger partial charge is 0.464 e. The summed E-state index contributed by atoms with van der Waals surface area (Å²) < 4.78 is 14.1. The first-order chi connectivity index (χ1) is 31.5. The molecule has 4 amide bonds. The number of rotatable bonds is 10. The number of ether oxygens (including phenoxy) is 2. The van der Waals surface area contributed by atoms with Crippen LogP contribution in [0.4, 0.5) is 0 Å². The number of fused-ring (bicyclic) bond motifs is 6. The van der Waals surface area contributed by atoms with Crippen molar-refractivity contribution in [1.29, 1.82) is 0 Å². The number of carbonyl (C=O) groups is 5. The molecule has 5 atom stereocenters. The van der Waals surface area contributed by atoms with Crippen molar-refractivity contribution in [1.82, 2.24) is 35.1 Å². The fraction of sp³-hybridized carbons (Fsp3) is 0.462. The molecule has 6 bridgehead atoms. The molecule has 2 saturated heterocycles. The second-order valence-electron chi connectivity index (χ2n) is 19.0. The molecule has 2 aromatic heterocycles. The van der Waals surface area contributed by atoms with Gasteiger partial charge in [0.2, 0.25) is 17.7 Å². The number of hydrogen-bond donors (Lipinski definition) is 2. The number of cyclic esters (lactones) is 1. The van der Waals surface area contributed by atoms with Crippen molar-refractivity contribution in [3.05, 3.63) is 90.3 Å². The maximum absolute atomic E-state index is 14.7. The number of carbonyl (C=O) groups excluding carboxylic acids is 5. The van der Waals surface area contributed by atoms with Gasteiger partial charge in [-0.15, -0.1) is 6.42 Å². The van der Waals surface area contributed by atoms with Crippen LogP contribution in [0.5, 0.6) is 0 Å². The van der Waals surface area contributed by atoms with E-state index in [1.165, 1.54) is 16.0 Å². The number of nitrogens with one attached hydrogen (secondary N) is 2. The summed E-state index contributed by atoms with van der Waals surface area (Å²) in [5.41, 5.74) is 9.81. The normalized spacial score (nSPS) is 19.3. The molecule has 2 fully saturated rings. The summed E-state index contributed by atoms with van der Waals surface area (Å²) in [5.74, 6) is 0.232. The van der Waals surface area contributed by atoms with E-state index in [1.807, 2.05) is 57.2 Å². The average Bonchev–Trinajstić information content (AvgIpc) is 3.92. The fourth-order valence-electron chi connectivity index (χ4n) is 9.81. The summed E-state index contributed by atoms with van der Waals surface area (Å²) in [6.07, 6.45) is 10.9. The molecule has 388 valence electrons. The second kappa shape index (κ2) is 26.9. The number of esters is 1. The van der Waals surface area contributed by atoms with Gasteiger partial charge < -0.3 is 29.2 Å². The second-order valence-corrected chi connectivity index (χ2v) is 19.0. The summed E-state index contributed by atoms with van der Waals surface area (Å²) in [7, 11) is 3.26. The molecule has 5 heterocycles. The van der Waals surface area contributed by atoms with Crippen LogP contribution in [0, 0.1) is 29.6 Å². The highest BCUT2D eigenvalue weighted by Crippen LogP contribution is 2.42. The van der Waals surface area contributed by atoms with E-state index in [0.717, 1.165) is 50.1 Å². The van der Waals surface area contributed by atoms with Crippen molar-refractivity contribution < 1.29 is 33.4 Å². The third-order valence-electron chi connectivity index (χ3n) is 13.3. The first kappa shape index (κ1) is 62.6.